The highest BCUT2D eigenvalue weighted by Crippen LogP contribution is 2.52. The number of nitrogens with zero attached hydrogens (tertiary/aromatic N) is 7. The third-order valence-electron chi connectivity index (χ3n) is 12.4. The summed E-state index contributed by atoms with van der Waals surface area (Å²) in [5.41, 5.74) is -0.909. The number of rotatable bonds is 7. The van der Waals surface area contributed by atoms with Crippen molar-refractivity contribution in [2.45, 2.75) is 88.4 Å². The van der Waals surface area contributed by atoms with Crippen LogP contribution in [0.25, 0.3) is 0 Å². The number of anilines is 3. The molecule has 11 nitrogen and oxygen atoms in total. The number of halogens is 3. The van der Waals surface area contributed by atoms with Gasteiger partial charge in [0.2, 0.25) is 11.9 Å². The van der Waals surface area contributed by atoms with Crippen molar-refractivity contribution in [3.63, 3.8) is 0 Å². The van der Waals surface area contributed by atoms with Gasteiger partial charge in [0.15, 0.2) is 5.69 Å². The van der Waals surface area contributed by atoms with Gasteiger partial charge in [-0.05, 0) is 79.5 Å². The molecule has 2 N–H and O–H groups in total. The SMILES string of the molecule is CC1CC2CC(C1)C(NC(=O)c1cnc(N3CC4(CCCCC4)c4cc(CN5CCN(c6ncccn6)CC5)ccc43)nc1C(F)(F)F)(C(=O)O)C2. The molecule has 4 atom stereocenters. The van der Waals surface area contributed by atoms with Crippen molar-refractivity contribution in [2.24, 2.45) is 17.8 Å². The Kier molecular flexibility index (Phi) is 8.86. The van der Waals surface area contributed by atoms with Gasteiger partial charge in [0.1, 0.15) is 5.54 Å². The molecule has 1 saturated heterocycles. The lowest BCUT2D eigenvalue weighted by molar-refractivity contribution is -0.146. The van der Waals surface area contributed by atoms with E-state index < -0.39 is 34.8 Å². The minimum Gasteiger partial charge on any atom is -0.479 e. The van der Waals surface area contributed by atoms with E-state index in [1.165, 1.54) is 0 Å². The maximum atomic E-state index is 14.7. The van der Waals surface area contributed by atoms with Crippen molar-refractivity contribution >= 4 is 29.5 Å². The fourth-order valence-corrected chi connectivity index (χ4v) is 10.0. The van der Waals surface area contributed by atoms with Crippen LogP contribution in [0.2, 0.25) is 0 Å². The summed E-state index contributed by atoms with van der Waals surface area (Å²) in [4.78, 5) is 49.8. The second kappa shape index (κ2) is 13.3. The van der Waals surface area contributed by atoms with E-state index in [1.807, 2.05) is 25.1 Å². The van der Waals surface area contributed by atoms with Gasteiger partial charge in [-0.2, -0.15) is 13.2 Å². The van der Waals surface area contributed by atoms with Crippen molar-refractivity contribution < 1.29 is 27.9 Å². The first kappa shape index (κ1) is 34.7. The van der Waals surface area contributed by atoms with E-state index in [9.17, 15) is 27.9 Å². The molecule has 5 aliphatic rings. The average molecular weight is 719 g/mol. The molecule has 2 aliphatic heterocycles. The minimum atomic E-state index is -4.97. The number of benzene rings is 1. The number of fused-ring (bicyclic) bond motifs is 4. The Balaban J connectivity index is 1.06. The van der Waals surface area contributed by atoms with Gasteiger partial charge >= 0.3 is 12.1 Å². The predicted octanol–water partition coefficient (Wildman–Crippen LogP) is 5.97. The first-order valence-electron chi connectivity index (χ1n) is 18.6. The maximum Gasteiger partial charge on any atom is 0.434 e. The van der Waals surface area contributed by atoms with E-state index in [0.29, 0.717) is 19.4 Å². The third-order valence-corrected chi connectivity index (χ3v) is 12.4. The lowest BCUT2D eigenvalue weighted by Gasteiger charge is -2.35. The van der Waals surface area contributed by atoms with Crippen molar-refractivity contribution in [1.82, 2.24) is 30.2 Å². The number of hydrogen-bond donors (Lipinski definition) is 2. The highest BCUT2D eigenvalue weighted by atomic mass is 19.4. The highest BCUT2D eigenvalue weighted by molar-refractivity contribution is 5.99. The maximum absolute atomic E-state index is 14.7. The number of carboxylic acids is 1. The van der Waals surface area contributed by atoms with Crippen LogP contribution in [-0.4, -0.2) is 80.1 Å². The van der Waals surface area contributed by atoms with Crippen LogP contribution >= 0.6 is 0 Å². The minimum absolute atomic E-state index is 0.105. The molecule has 3 saturated carbocycles. The molecule has 1 spiro atoms. The summed E-state index contributed by atoms with van der Waals surface area (Å²) in [6, 6.07) is 8.05. The lowest BCUT2D eigenvalue weighted by atomic mass is 9.70. The lowest BCUT2D eigenvalue weighted by Crippen LogP contribution is -2.57. The molecule has 4 unspecified atom stereocenters. The van der Waals surface area contributed by atoms with Crippen LogP contribution in [0.1, 0.15) is 91.9 Å². The number of aliphatic carboxylic acids is 1. The molecule has 3 aliphatic carbocycles. The molecule has 8 rings (SSSR count). The summed E-state index contributed by atoms with van der Waals surface area (Å²) in [6.45, 7) is 6.60. The fourth-order valence-electron chi connectivity index (χ4n) is 10.0. The zero-order valence-electron chi connectivity index (χ0n) is 29.4. The van der Waals surface area contributed by atoms with Crippen molar-refractivity contribution in [1.29, 1.82) is 0 Å². The molecule has 2 bridgehead atoms. The zero-order chi connectivity index (χ0) is 36.3. The Morgan fingerprint density at radius 3 is 2.44 bits per heavy atom. The molecular formula is C38H45F3N8O3. The van der Waals surface area contributed by atoms with Crippen LogP contribution in [0.5, 0.6) is 0 Å². The molecular weight excluding hydrogens is 673 g/mol. The van der Waals surface area contributed by atoms with Crippen molar-refractivity contribution in [2.75, 3.05) is 42.5 Å². The van der Waals surface area contributed by atoms with E-state index in [2.05, 4.69) is 41.1 Å². The zero-order valence-corrected chi connectivity index (χ0v) is 29.4. The molecule has 4 heterocycles. The molecule has 4 fully saturated rings. The van der Waals surface area contributed by atoms with Crippen LogP contribution in [0.4, 0.5) is 30.8 Å². The second-order valence-corrected chi connectivity index (χ2v) is 15.8. The van der Waals surface area contributed by atoms with Gasteiger partial charge in [-0.15, -0.1) is 0 Å². The van der Waals surface area contributed by atoms with E-state index in [-0.39, 0.29) is 35.5 Å². The smallest absolute Gasteiger partial charge is 0.434 e. The number of amides is 1. The van der Waals surface area contributed by atoms with Crippen LogP contribution in [0.15, 0.2) is 42.9 Å². The number of nitrogens with one attached hydrogen (secondary N) is 1. The molecule has 276 valence electrons. The second-order valence-electron chi connectivity index (χ2n) is 15.8. The fraction of sp³-hybridized carbons (Fsp3) is 0.579. The Hall–Kier alpha value is -4.33. The Labute approximate surface area is 301 Å². The number of hydrogen-bond acceptors (Lipinski definition) is 9. The number of carboxylic acid groups (broad SMARTS) is 1. The largest absolute Gasteiger partial charge is 0.479 e. The van der Waals surface area contributed by atoms with E-state index in [1.54, 1.807) is 17.3 Å². The number of carbonyl (C=O) groups excluding carboxylic acids is 1. The van der Waals surface area contributed by atoms with Gasteiger partial charge in [0.05, 0.1) is 5.56 Å². The first-order chi connectivity index (χ1) is 24.9. The molecule has 1 aromatic carbocycles. The average Bonchev–Trinajstić information content (AvgIpc) is 3.58. The predicted molar refractivity (Wildman–Crippen MR) is 187 cm³/mol. The summed E-state index contributed by atoms with van der Waals surface area (Å²) in [5.74, 6) is -1.64. The number of alkyl halides is 3. The summed E-state index contributed by atoms with van der Waals surface area (Å²) < 4.78 is 44.2. The van der Waals surface area contributed by atoms with Crippen molar-refractivity contribution in [3.05, 3.63) is 65.2 Å². The number of aromatic nitrogens is 4. The van der Waals surface area contributed by atoms with E-state index in [0.717, 1.165) is 100 Å². The molecule has 3 aromatic rings. The van der Waals surface area contributed by atoms with Gasteiger partial charge in [0, 0.05) is 69.0 Å². The molecule has 2 aromatic heterocycles. The monoisotopic (exact) mass is 718 g/mol. The van der Waals surface area contributed by atoms with E-state index >= 15 is 0 Å². The number of piperazine rings is 1. The first-order valence-corrected chi connectivity index (χ1v) is 18.6. The topological polar surface area (TPSA) is 128 Å². The van der Waals surface area contributed by atoms with Gasteiger partial charge in [-0.1, -0.05) is 38.3 Å². The Morgan fingerprint density at radius 1 is 0.981 bits per heavy atom. The third kappa shape index (κ3) is 6.26. The standard InChI is InChI=1S/C38H45F3N8O3/c1-24-16-26-18-27(17-24)37(20-26,33(51)52)46-32(50)28-21-44-35(45-31(28)38(39,40)41)49-23-36(8-3-2-4-9-36)29-19-25(6-7-30(29)49)22-47-12-14-48(15-13-47)34-42-10-5-11-43-34/h5-7,10-11,19,21,24,26-27H,2-4,8-9,12-18,20,22-23H2,1H3,(H,46,50)(H,51,52). The number of carbonyl (C=O) groups is 2. The van der Waals surface area contributed by atoms with Crippen LogP contribution in [0, 0.1) is 17.8 Å². The summed E-state index contributed by atoms with van der Waals surface area (Å²) >= 11 is 0. The molecule has 52 heavy (non-hydrogen) atoms. The van der Waals surface area contributed by atoms with Crippen molar-refractivity contribution in [3.8, 4) is 0 Å². The van der Waals surface area contributed by atoms with Crippen LogP contribution in [0.3, 0.4) is 0 Å². The quantitative estimate of drug-likeness (QED) is 0.302. The summed E-state index contributed by atoms with van der Waals surface area (Å²) in [5, 5.41) is 12.9. The highest BCUT2D eigenvalue weighted by Gasteiger charge is 2.57. The van der Waals surface area contributed by atoms with Gasteiger partial charge in [-0.25, -0.2) is 24.7 Å². The van der Waals surface area contributed by atoms with Gasteiger partial charge < -0.3 is 20.2 Å². The van der Waals surface area contributed by atoms with Crippen LogP contribution < -0.4 is 15.1 Å². The normalized spacial score (nSPS) is 27.1. The molecule has 0 radical (unpaired) electrons. The van der Waals surface area contributed by atoms with Crippen LogP contribution in [-0.2, 0) is 22.9 Å². The Bertz CT molecular complexity index is 1830. The summed E-state index contributed by atoms with van der Waals surface area (Å²) in [7, 11) is 0. The Morgan fingerprint density at radius 2 is 1.73 bits per heavy atom. The molecule has 14 heteroatoms. The van der Waals surface area contributed by atoms with Gasteiger partial charge in [0.25, 0.3) is 5.91 Å². The van der Waals surface area contributed by atoms with E-state index in [4.69, 9.17) is 0 Å². The van der Waals surface area contributed by atoms with Gasteiger partial charge in [-0.3, -0.25) is 9.69 Å². The molecule has 1 amide bonds. The summed E-state index contributed by atoms with van der Waals surface area (Å²) in [6.07, 6.45) is 6.75.